The van der Waals surface area contributed by atoms with Crippen molar-refractivity contribution in [3.63, 3.8) is 0 Å². The van der Waals surface area contributed by atoms with E-state index in [4.69, 9.17) is 10.7 Å². The molecule has 180 valence electrons. The third-order valence-corrected chi connectivity index (χ3v) is 6.32. The average Bonchev–Trinajstić information content (AvgIpc) is 3.21. The second-order valence-electron chi connectivity index (χ2n) is 8.18. The van der Waals surface area contributed by atoms with E-state index < -0.39 is 0 Å². The van der Waals surface area contributed by atoms with Crippen molar-refractivity contribution in [3.05, 3.63) is 64.8 Å². The number of anilines is 1. The van der Waals surface area contributed by atoms with Gasteiger partial charge in [-0.05, 0) is 35.4 Å². The number of amides is 1. The molecule has 9 nitrogen and oxygen atoms in total. The molecule has 1 amide bonds. The lowest BCUT2D eigenvalue weighted by molar-refractivity contribution is -0.117. The van der Waals surface area contributed by atoms with Crippen molar-refractivity contribution in [2.45, 2.75) is 32.7 Å². The maximum atomic E-state index is 11.8. The van der Waals surface area contributed by atoms with E-state index in [9.17, 15) is 14.8 Å². The zero-order valence-corrected chi connectivity index (χ0v) is 20.8. The van der Waals surface area contributed by atoms with Gasteiger partial charge in [0, 0.05) is 23.1 Å². The Kier molecular flexibility index (Phi) is 7.11. The summed E-state index contributed by atoms with van der Waals surface area (Å²) in [6.07, 6.45) is 2.58. The predicted molar refractivity (Wildman–Crippen MR) is 142 cm³/mol. The van der Waals surface area contributed by atoms with Crippen LogP contribution in [0.3, 0.4) is 0 Å². The summed E-state index contributed by atoms with van der Waals surface area (Å²) in [6.45, 7) is 6.35. The lowest BCUT2D eigenvalue weighted by atomic mass is 10.1. The van der Waals surface area contributed by atoms with Crippen molar-refractivity contribution in [2.75, 3.05) is 11.1 Å². The van der Waals surface area contributed by atoms with Crippen LogP contribution in [0.5, 0.6) is 5.75 Å². The molecule has 0 aliphatic rings. The van der Waals surface area contributed by atoms with E-state index in [0.717, 1.165) is 35.1 Å². The van der Waals surface area contributed by atoms with E-state index in [1.165, 1.54) is 6.07 Å². The summed E-state index contributed by atoms with van der Waals surface area (Å²) in [4.78, 5) is 32.7. The van der Waals surface area contributed by atoms with Gasteiger partial charge in [0.15, 0.2) is 11.5 Å². The minimum atomic E-state index is -0.208. The quantitative estimate of drug-likeness (QED) is 0.200. The molecule has 35 heavy (non-hydrogen) atoms. The van der Waals surface area contributed by atoms with Gasteiger partial charge in [-0.25, -0.2) is 9.97 Å². The number of phenolic OH excluding ortho intramolecular Hbond substituents is 1. The number of nitrogen functional groups attached to an aromatic ring is 1. The first-order valence-corrected chi connectivity index (χ1v) is 12.3. The van der Waals surface area contributed by atoms with E-state index in [1.807, 2.05) is 22.8 Å². The van der Waals surface area contributed by atoms with Gasteiger partial charge in [-0.2, -0.15) is 0 Å². The number of benzene rings is 2. The molecule has 4 aromatic rings. The molecular formula is C25H25BrN6O3. The van der Waals surface area contributed by atoms with Crippen LogP contribution in [0.1, 0.15) is 36.7 Å². The number of nitroso groups, excluding NO2 is 1. The number of carbonyl (C=O) groups is 1. The standard InChI is InChI=1S/C25H25BrN6O3/c1-3-4-8-20-30-23-24(32(20)13-16-6-5-7-19(33)22(16)31-35)17-11-15(14(2)28-21(34)12-26)9-10-18(17)29-25(23)27/h5-7,9-11,33H,2-4,8,12-13H2,1H3,(H2,27,29)(H,28,34). The Morgan fingerprint density at radius 2 is 2.09 bits per heavy atom. The first-order valence-electron chi connectivity index (χ1n) is 11.2. The molecule has 0 bridgehead atoms. The highest BCUT2D eigenvalue weighted by atomic mass is 79.9. The Balaban J connectivity index is 1.96. The number of nitrogens with zero attached hydrogens (tertiary/aromatic N) is 4. The number of pyridine rings is 1. The molecule has 4 N–H and O–H groups in total. The van der Waals surface area contributed by atoms with Crippen LogP contribution in [0.4, 0.5) is 11.5 Å². The summed E-state index contributed by atoms with van der Waals surface area (Å²) in [5.74, 6) is 0.706. The fourth-order valence-corrected chi connectivity index (χ4v) is 4.24. The van der Waals surface area contributed by atoms with Gasteiger partial charge in [0.05, 0.1) is 22.9 Å². The molecule has 0 radical (unpaired) electrons. The van der Waals surface area contributed by atoms with Gasteiger partial charge in [-0.3, -0.25) is 4.79 Å². The molecule has 10 heteroatoms. The van der Waals surface area contributed by atoms with Crippen molar-refractivity contribution in [1.82, 2.24) is 19.9 Å². The minimum absolute atomic E-state index is 0.00585. The highest BCUT2D eigenvalue weighted by Crippen LogP contribution is 2.35. The van der Waals surface area contributed by atoms with Crippen molar-refractivity contribution in [2.24, 2.45) is 5.18 Å². The lowest BCUT2D eigenvalue weighted by Crippen LogP contribution is -2.22. The van der Waals surface area contributed by atoms with E-state index in [-0.39, 0.29) is 29.2 Å². The SMILES string of the molecule is C=C(NC(=O)CBr)c1ccc2nc(N)c3nc(CCCC)n(Cc4cccc(O)c4N=O)c3c2c1. The molecule has 2 aromatic carbocycles. The van der Waals surface area contributed by atoms with E-state index in [2.05, 4.69) is 44.9 Å². The number of imidazole rings is 1. The number of fused-ring (bicyclic) bond motifs is 3. The summed E-state index contributed by atoms with van der Waals surface area (Å²) in [7, 11) is 0. The highest BCUT2D eigenvalue weighted by molar-refractivity contribution is 9.09. The van der Waals surface area contributed by atoms with Gasteiger partial charge >= 0.3 is 0 Å². The maximum absolute atomic E-state index is 11.8. The van der Waals surface area contributed by atoms with Crippen LogP contribution in [0.15, 0.2) is 48.2 Å². The first-order chi connectivity index (χ1) is 16.9. The summed E-state index contributed by atoms with van der Waals surface area (Å²) in [5, 5.41) is 16.9. The highest BCUT2D eigenvalue weighted by Gasteiger charge is 2.20. The number of nitrogens with one attached hydrogen (secondary N) is 1. The number of phenols is 1. The van der Waals surface area contributed by atoms with Crippen LogP contribution in [0.25, 0.3) is 27.6 Å². The van der Waals surface area contributed by atoms with Crippen LogP contribution < -0.4 is 11.1 Å². The molecule has 0 saturated carbocycles. The molecule has 0 aliphatic heterocycles. The second-order valence-corrected chi connectivity index (χ2v) is 8.74. The molecule has 4 rings (SSSR count). The third kappa shape index (κ3) is 4.74. The van der Waals surface area contributed by atoms with Crippen LogP contribution >= 0.6 is 15.9 Å². The summed E-state index contributed by atoms with van der Waals surface area (Å²) in [6, 6.07) is 10.4. The van der Waals surface area contributed by atoms with E-state index >= 15 is 0 Å². The molecule has 2 heterocycles. The van der Waals surface area contributed by atoms with Crippen molar-refractivity contribution >= 4 is 61.0 Å². The molecule has 0 aliphatic carbocycles. The fraction of sp³-hybridized carbons (Fsp3) is 0.240. The number of unbranched alkanes of at least 4 members (excludes halogenated alkanes) is 1. The largest absolute Gasteiger partial charge is 0.506 e. The Labute approximate surface area is 210 Å². The Hall–Kier alpha value is -3.79. The third-order valence-electron chi connectivity index (χ3n) is 5.81. The second kappa shape index (κ2) is 10.2. The molecule has 0 atom stereocenters. The Morgan fingerprint density at radius 3 is 2.80 bits per heavy atom. The van der Waals surface area contributed by atoms with Crippen LogP contribution in [-0.4, -0.2) is 30.9 Å². The number of halogens is 1. The van der Waals surface area contributed by atoms with Gasteiger partial charge in [0.25, 0.3) is 0 Å². The maximum Gasteiger partial charge on any atom is 0.235 e. The number of alkyl halides is 1. The molecular weight excluding hydrogens is 512 g/mol. The molecule has 0 saturated heterocycles. The number of aromatic nitrogens is 3. The Morgan fingerprint density at radius 1 is 1.29 bits per heavy atom. The van der Waals surface area contributed by atoms with Crippen molar-refractivity contribution in [3.8, 4) is 5.75 Å². The van der Waals surface area contributed by atoms with E-state index in [1.54, 1.807) is 12.1 Å². The van der Waals surface area contributed by atoms with Crippen LogP contribution in [0, 0.1) is 4.91 Å². The first kappa shape index (κ1) is 24.3. The predicted octanol–water partition coefficient (Wildman–Crippen LogP) is 5.14. The number of carbonyl (C=O) groups excluding carboxylic acids is 1. The van der Waals surface area contributed by atoms with Crippen molar-refractivity contribution in [1.29, 1.82) is 0 Å². The topological polar surface area (TPSA) is 135 Å². The van der Waals surface area contributed by atoms with Crippen LogP contribution in [0.2, 0.25) is 0 Å². The number of hydrogen-bond acceptors (Lipinski definition) is 7. The number of aryl methyl sites for hydroxylation is 1. The van der Waals surface area contributed by atoms with Crippen LogP contribution in [-0.2, 0) is 17.8 Å². The van der Waals surface area contributed by atoms with Gasteiger partial charge in [-0.15, -0.1) is 4.91 Å². The molecule has 0 fully saturated rings. The normalized spacial score (nSPS) is 11.1. The molecule has 2 aromatic heterocycles. The smallest absolute Gasteiger partial charge is 0.235 e. The zero-order chi connectivity index (χ0) is 25.1. The van der Waals surface area contributed by atoms with Gasteiger partial charge < -0.3 is 20.7 Å². The Bertz CT molecular complexity index is 1460. The summed E-state index contributed by atoms with van der Waals surface area (Å²) < 4.78 is 2.00. The van der Waals surface area contributed by atoms with E-state index in [0.29, 0.717) is 34.5 Å². The van der Waals surface area contributed by atoms with Crippen molar-refractivity contribution < 1.29 is 9.90 Å². The summed E-state index contributed by atoms with van der Waals surface area (Å²) in [5.41, 5.74) is 10.0. The number of aromatic hydroxyl groups is 1. The lowest BCUT2D eigenvalue weighted by Gasteiger charge is -2.14. The minimum Gasteiger partial charge on any atom is -0.506 e. The average molecular weight is 537 g/mol. The fourth-order valence-electron chi connectivity index (χ4n) is 4.10. The number of rotatable bonds is 9. The van der Waals surface area contributed by atoms with Gasteiger partial charge in [0.2, 0.25) is 5.91 Å². The monoisotopic (exact) mass is 536 g/mol. The number of nitrogens with two attached hydrogens (primary N) is 1. The molecule has 0 spiro atoms. The molecule has 0 unspecified atom stereocenters. The van der Waals surface area contributed by atoms with Gasteiger partial charge in [0.1, 0.15) is 17.1 Å². The van der Waals surface area contributed by atoms with Gasteiger partial charge in [-0.1, -0.05) is 54.1 Å². The zero-order valence-electron chi connectivity index (χ0n) is 19.2. The number of hydrogen-bond donors (Lipinski definition) is 3. The summed E-state index contributed by atoms with van der Waals surface area (Å²) >= 11 is 3.14.